The van der Waals surface area contributed by atoms with Gasteiger partial charge in [-0.2, -0.15) is 0 Å². The second kappa shape index (κ2) is 6.26. The molecule has 2 aromatic carbocycles. The minimum atomic E-state index is -0.0205. The predicted molar refractivity (Wildman–Crippen MR) is 86.9 cm³/mol. The van der Waals surface area contributed by atoms with Crippen LogP contribution in [0.15, 0.2) is 48.5 Å². The van der Waals surface area contributed by atoms with E-state index in [0.717, 1.165) is 24.0 Å². The van der Waals surface area contributed by atoms with Gasteiger partial charge in [-0.3, -0.25) is 4.79 Å². The van der Waals surface area contributed by atoms with Gasteiger partial charge in [0.15, 0.2) is 5.78 Å². The Morgan fingerprint density at radius 3 is 2.43 bits per heavy atom. The van der Waals surface area contributed by atoms with Crippen molar-refractivity contribution >= 4 is 5.78 Å². The Bertz CT molecular complexity index is 628. The molecule has 108 valence electrons. The first kappa shape index (κ1) is 14.1. The SMILES string of the molecule is CCC(C(=O)c1ccc2c(c1)CCCC2)c1ccccc1. The average molecular weight is 278 g/mol. The standard InChI is InChI=1S/C20H22O/c1-2-19(16-9-4-3-5-10-16)20(21)18-13-12-15-8-6-7-11-17(15)14-18/h3-5,9-10,12-14,19H,2,6-8,11H2,1H3. The summed E-state index contributed by atoms with van der Waals surface area (Å²) in [7, 11) is 0. The zero-order valence-electron chi connectivity index (χ0n) is 12.6. The maximum atomic E-state index is 12.9. The van der Waals surface area contributed by atoms with Crippen LogP contribution in [0, 0.1) is 0 Å². The summed E-state index contributed by atoms with van der Waals surface area (Å²) < 4.78 is 0. The summed E-state index contributed by atoms with van der Waals surface area (Å²) in [6.45, 7) is 2.09. The monoisotopic (exact) mass is 278 g/mol. The predicted octanol–water partition coefficient (Wildman–Crippen LogP) is 4.94. The van der Waals surface area contributed by atoms with Gasteiger partial charge < -0.3 is 0 Å². The number of carbonyl (C=O) groups is 1. The summed E-state index contributed by atoms with van der Waals surface area (Å²) >= 11 is 0. The van der Waals surface area contributed by atoms with E-state index in [-0.39, 0.29) is 11.7 Å². The minimum Gasteiger partial charge on any atom is -0.293 e. The average Bonchev–Trinajstić information content (AvgIpc) is 2.56. The molecule has 2 aromatic rings. The number of fused-ring (bicyclic) bond motifs is 1. The Kier molecular flexibility index (Phi) is 4.19. The fraction of sp³-hybridized carbons (Fsp3) is 0.350. The third kappa shape index (κ3) is 2.92. The van der Waals surface area contributed by atoms with Gasteiger partial charge in [0.05, 0.1) is 0 Å². The molecule has 0 heterocycles. The molecule has 1 aliphatic rings. The van der Waals surface area contributed by atoms with E-state index in [0.29, 0.717) is 0 Å². The van der Waals surface area contributed by atoms with Gasteiger partial charge in [0.25, 0.3) is 0 Å². The number of Topliss-reactive ketones (excluding diaryl/α,β-unsaturated/α-hetero) is 1. The van der Waals surface area contributed by atoms with Crippen molar-refractivity contribution in [2.24, 2.45) is 0 Å². The number of benzene rings is 2. The van der Waals surface area contributed by atoms with Crippen molar-refractivity contribution in [2.75, 3.05) is 0 Å². The molecule has 1 unspecified atom stereocenters. The molecule has 1 atom stereocenters. The van der Waals surface area contributed by atoms with Crippen molar-refractivity contribution in [1.29, 1.82) is 0 Å². The van der Waals surface area contributed by atoms with Crippen molar-refractivity contribution in [3.05, 3.63) is 70.8 Å². The van der Waals surface area contributed by atoms with E-state index in [1.807, 2.05) is 24.3 Å². The van der Waals surface area contributed by atoms with Gasteiger partial charge in [-0.05, 0) is 54.9 Å². The van der Waals surface area contributed by atoms with Crippen LogP contribution in [0.1, 0.15) is 59.2 Å². The zero-order valence-corrected chi connectivity index (χ0v) is 12.6. The van der Waals surface area contributed by atoms with Crippen LogP contribution in [0.25, 0.3) is 0 Å². The first-order valence-electron chi connectivity index (χ1n) is 8.00. The van der Waals surface area contributed by atoms with E-state index in [1.165, 1.54) is 30.4 Å². The van der Waals surface area contributed by atoms with Crippen LogP contribution in [0.4, 0.5) is 0 Å². The Balaban J connectivity index is 1.90. The third-order valence-corrected chi connectivity index (χ3v) is 4.56. The lowest BCUT2D eigenvalue weighted by Gasteiger charge is -2.18. The molecule has 0 bridgehead atoms. The summed E-state index contributed by atoms with van der Waals surface area (Å²) in [5.41, 5.74) is 4.83. The number of hydrogen-bond donors (Lipinski definition) is 0. The lowest BCUT2D eigenvalue weighted by molar-refractivity contribution is 0.0957. The quantitative estimate of drug-likeness (QED) is 0.724. The van der Waals surface area contributed by atoms with Crippen molar-refractivity contribution in [1.82, 2.24) is 0 Å². The molecule has 0 saturated carbocycles. The highest BCUT2D eigenvalue weighted by molar-refractivity contribution is 6.01. The van der Waals surface area contributed by atoms with Gasteiger partial charge in [-0.15, -0.1) is 0 Å². The summed E-state index contributed by atoms with van der Waals surface area (Å²) in [6.07, 6.45) is 5.67. The molecule has 1 nitrogen and oxygen atoms in total. The molecule has 0 aromatic heterocycles. The van der Waals surface area contributed by atoms with Crippen LogP contribution < -0.4 is 0 Å². The number of aryl methyl sites for hydroxylation is 2. The first-order chi connectivity index (χ1) is 10.3. The Hall–Kier alpha value is -1.89. The first-order valence-corrected chi connectivity index (χ1v) is 8.00. The van der Waals surface area contributed by atoms with Gasteiger partial charge >= 0.3 is 0 Å². The molecule has 1 heteroatoms. The van der Waals surface area contributed by atoms with Gasteiger partial charge in [0, 0.05) is 11.5 Å². The fourth-order valence-electron chi connectivity index (χ4n) is 3.35. The lowest BCUT2D eigenvalue weighted by Crippen LogP contribution is -2.13. The molecule has 3 rings (SSSR count). The molecule has 21 heavy (non-hydrogen) atoms. The fourth-order valence-corrected chi connectivity index (χ4v) is 3.35. The summed E-state index contributed by atoms with van der Waals surface area (Å²) in [5.74, 6) is 0.241. The molecule has 0 saturated heterocycles. The van der Waals surface area contributed by atoms with Crippen LogP contribution in [-0.2, 0) is 12.8 Å². The highest BCUT2D eigenvalue weighted by atomic mass is 16.1. The molecular formula is C20H22O. The summed E-state index contributed by atoms with van der Waals surface area (Å²) in [5, 5.41) is 0. The molecule has 0 N–H and O–H groups in total. The van der Waals surface area contributed by atoms with Gasteiger partial charge in [0.2, 0.25) is 0 Å². The Morgan fingerprint density at radius 2 is 1.71 bits per heavy atom. The third-order valence-electron chi connectivity index (χ3n) is 4.56. The van der Waals surface area contributed by atoms with Gasteiger partial charge in [-0.1, -0.05) is 49.4 Å². The maximum Gasteiger partial charge on any atom is 0.170 e. The number of carbonyl (C=O) groups excluding carboxylic acids is 1. The van der Waals surface area contributed by atoms with Crippen molar-refractivity contribution < 1.29 is 4.79 Å². The van der Waals surface area contributed by atoms with E-state index in [9.17, 15) is 4.79 Å². The van der Waals surface area contributed by atoms with Crippen LogP contribution in [0.5, 0.6) is 0 Å². The Morgan fingerprint density at radius 1 is 1.00 bits per heavy atom. The van der Waals surface area contributed by atoms with Crippen molar-refractivity contribution in [2.45, 2.75) is 44.9 Å². The maximum absolute atomic E-state index is 12.9. The summed E-state index contributed by atoms with van der Waals surface area (Å²) in [4.78, 5) is 12.9. The molecular weight excluding hydrogens is 256 g/mol. The highest BCUT2D eigenvalue weighted by Crippen LogP contribution is 2.27. The topological polar surface area (TPSA) is 17.1 Å². The second-order valence-corrected chi connectivity index (χ2v) is 5.93. The minimum absolute atomic E-state index is 0.0205. The van der Waals surface area contributed by atoms with E-state index in [2.05, 4.69) is 31.2 Å². The molecule has 0 fully saturated rings. The Labute approximate surface area is 127 Å². The van der Waals surface area contributed by atoms with Crippen molar-refractivity contribution in [3.8, 4) is 0 Å². The number of ketones is 1. The smallest absolute Gasteiger partial charge is 0.170 e. The number of rotatable bonds is 4. The molecule has 1 aliphatic carbocycles. The van der Waals surface area contributed by atoms with Gasteiger partial charge in [0.1, 0.15) is 0 Å². The molecule has 0 aliphatic heterocycles. The van der Waals surface area contributed by atoms with E-state index < -0.39 is 0 Å². The van der Waals surface area contributed by atoms with E-state index >= 15 is 0 Å². The lowest BCUT2D eigenvalue weighted by atomic mass is 9.85. The van der Waals surface area contributed by atoms with Crippen LogP contribution in [0.3, 0.4) is 0 Å². The molecule has 0 amide bonds. The molecule has 0 radical (unpaired) electrons. The number of hydrogen-bond acceptors (Lipinski definition) is 1. The second-order valence-electron chi connectivity index (χ2n) is 5.93. The van der Waals surface area contributed by atoms with E-state index in [1.54, 1.807) is 0 Å². The normalized spacial score (nSPS) is 15.3. The summed E-state index contributed by atoms with van der Waals surface area (Å²) in [6, 6.07) is 16.5. The largest absolute Gasteiger partial charge is 0.293 e. The van der Waals surface area contributed by atoms with E-state index in [4.69, 9.17) is 0 Å². The zero-order chi connectivity index (χ0) is 14.7. The highest BCUT2D eigenvalue weighted by Gasteiger charge is 2.21. The van der Waals surface area contributed by atoms with Crippen LogP contribution in [0.2, 0.25) is 0 Å². The van der Waals surface area contributed by atoms with Crippen LogP contribution in [-0.4, -0.2) is 5.78 Å². The van der Waals surface area contributed by atoms with Gasteiger partial charge in [-0.25, -0.2) is 0 Å². The van der Waals surface area contributed by atoms with Crippen LogP contribution >= 0.6 is 0 Å². The molecule has 0 spiro atoms. The van der Waals surface area contributed by atoms with Crippen molar-refractivity contribution in [3.63, 3.8) is 0 Å².